The fraction of sp³-hybridized carbons (Fsp3) is 0.353. The summed E-state index contributed by atoms with van der Waals surface area (Å²) in [5, 5.41) is 9.11. The minimum absolute atomic E-state index is 0.243. The third kappa shape index (κ3) is 3.87. The van der Waals surface area contributed by atoms with Crippen molar-refractivity contribution in [1.29, 1.82) is 0 Å². The third-order valence-electron chi connectivity index (χ3n) is 4.27. The van der Waals surface area contributed by atoms with Crippen LogP contribution in [0.15, 0.2) is 35.1 Å². The van der Waals surface area contributed by atoms with Gasteiger partial charge in [-0.1, -0.05) is 12.1 Å². The van der Waals surface area contributed by atoms with Crippen molar-refractivity contribution in [3.05, 3.63) is 57.5 Å². The summed E-state index contributed by atoms with van der Waals surface area (Å²) in [5.41, 5.74) is 0.0994. The van der Waals surface area contributed by atoms with Crippen molar-refractivity contribution >= 4 is 11.7 Å². The largest absolute Gasteiger partial charge is 0.418 e. The standard InChI is InChI=1S/C17H17F3N4O2/c1-24-15(25)9-10-8-11(6-7-13(10)23-24)21-16(26)22-14-5-3-2-4-12(14)17(18,19)20/h2-5,9,11H,6-8H2,1H3,(H2,21,22,26). The van der Waals surface area contributed by atoms with Crippen LogP contribution in [-0.4, -0.2) is 21.9 Å². The highest BCUT2D eigenvalue weighted by Gasteiger charge is 2.33. The van der Waals surface area contributed by atoms with Crippen LogP contribution < -0.4 is 16.2 Å². The van der Waals surface area contributed by atoms with Gasteiger partial charge in [0.1, 0.15) is 0 Å². The number of nitrogens with zero attached hydrogens (tertiary/aromatic N) is 2. The van der Waals surface area contributed by atoms with E-state index in [0.717, 1.165) is 17.3 Å². The second kappa shape index (κ2) is 6.81. The molecule has 0 saturated carbocycles. The quantitative estimate of drug-likeness (QED) is 0.857. The maximum atomic E-state index is 13.0. The molecule has 0 saturated heterocycles. The minimum Gasteiger partial charge on any atom is -0.335 e. The van der Waals surface area contributed by atoms with Gasteiger partial charge in [-0.15, -0.1) is 0 Å². The highest BCUT2D eigenvalue weighted by molar-refractivity contribution is 5.90. The van der Waals surface area contributed by atoms with Gasteiger partial charge in [0.2, 0.25) is 0 Å². The number of fused-ring (bicyclic) bond motifs is 1. The lowest BCUT2D eigenvalue weighted by molar-refractivity contribution is -0.136. The maximum Gasteiger partial charge on any atom is 0.418 e. The molecule has 138 valence electrons. The molecule has 2 aromatic rings. The summed E-state index contributed by atoms with van der Waals surface area (Å²) in [7, 11) is 1.57. The van der Waals surface area contributed by atoms with Crippen LogP contribution in [-0.2, 0) is 26.1 Å². The summed E-state index contributed by atoms with van der Waals surface area (Å²) in [6.45, 7) is 0. The summed E-state index contributed by atoms with van der Waals surface area (Å²) in [6.07, 6.45) is -2.98. The van der Waals surface area contributed by atoms with Gasteiger partial charge in [0.05, 0.1) is 16.9 Å². The Kier molecular flexibility index (Phi) is 4.71. The van der Waals surface area contributed by atoms with Crippen LogP contribution in [0, 0.1) is 0 Å². The molecule has 1 aliphatic carbocycles. The fourth-order valence-corrected chi connectivity index (χ4v) is 2.99. The molecule has 9 heteroatoms. The van der Waals surface area contributed by atoms with E-state index in [1.165, 1.54) is 28.9 Å². The SMILES string of the molecule is Cn1nc2c(cc1=O)CC(NC(=O)Nc1ccccc1C(F)(F)F)CC2. The Morgan fingerprint density at radius 3 is 2.77 bits per heavy atom. The van der Waals surface area contributed by atoms with Gasteiger partial charge in [-0.05, 0) is 37.0 Å². The van der Waals surface area contributed by atoms with Crippen LogP contribution >= 0.6 is 0 Å². The van der Waals surface area contributed by atoms with Gasteiger partial charge in [0.25, 0.3) is 5.56 Å². The summed E-state index contributed by atoms with van der Waals surface area (Å²) < 4.78 is 40.2. The summed E-state index contributed by atoms with van der Waals surface area (Å²) in [4.78, 5) is 23.8. The molecule has 0 bridgehead atoms. The van der Waals surface area contributed by atoms with Crippen molar-refractivity contribution in [1.82, 2.24) is 15.1 Å². The van der Waals surface area contributed by atoms with E-state index < -0.39 is 17.8 Å². The van der Waals surface area contributed by atoms with Gasteiger partial charge in [0, 0.05) is 19.2 Å². The lowest BCUT2D eigenvalue weighted by atomic mass is 9.92. The van der Waals surface area contributed by atoms with Crippen LogP contribution in [0.3, 0.4) is 0 Å². The Morgan fingerprint density at radius 2 is 2.04 bits per heavy atom. The zero-order valence-electron chi connectivity index (χ0n) is 13.9. The average Bonchev–Trinajstić information content (AvgIpc) is 2.55. The average molecular weight is 366 g/mol. The van der Waals surface area contributed by atoms with Gasteiger partial charge in [0.15, 0.2) is 0 Å². The van der Waals surface area contributed by atoms with Crippen molar-refractivity contribution in [2.45, 2.75) is 31.5 Å². The van der Waals surface area contributed by atoms with Gasteiger partial charge in [-0.2, -0.15) is 18.3 Å². The number of rotatable bonds is 2. The van der Waals surface area contributed by atoms with Crippen molar-refractivity contribution in [3.63, 3.8) is 0 Å². The number of carbonyl (C=O) groups excluding carboxylic acids is 1. The van der Waals surface area contributed by atoms with Gasteiger partial charge in [-0.3, -0.25) is 4.79 Å². The first-order chi connectivity index (χ1) is 12.2. The molecule has 0 spiro atoms. The van der Waals surface area contributed by atoms with E-state index in [2.05, 4.69) is 15.7 Å². The van der Waals surface area contributed by atoms with Crippen molar-refractivity contribution in [3.8, 4) is 0 Å². The van der Waals surface area contributed by atoms with E-state index in [1.54, 1.807) is 7.05 Å². The highest BCUT2D eigenvalue weighted by atomic mass is 19.4. The lowest BCUT2D eigenvalue weighted by Gasteiger charge is -2.25. The molecular formula is C17H17F3N4O2. The first-order valence-electron chi connectivity index (χ1n) is 8.04. The molecule has 1 aromatic carbocycles. The number of hydrogen-bond donors (Lipinski definition) is 2. The van der Waals surface area contributed by atoms with Crippen LogP contribution in [0.2, 0.25) is 0 Å². The summed E-state index contributed by atoms with van der Waals surface area (Å²) in [6, 6.07) is 5.27. The number of hydrogen-bond acceptors (Lipinski definition) is 3. The Balaban J connectivity index is 1.68. The molecule has 1 unspecified atom stereocenters. The number of nitrogens with one attached hydrogen (secondary N) is 2. The number of benzene rings is 1. The monoisotopic (exact) mass is 366 g/mol. The number of urea groups is 1. The van der Waals surface area contributed by atoms with Gasteiger partial charge >= 0.3 is 12.2 Å². The number of halogens is 3. The maximum absolute atomic E-state index is 13.0. The predicted molar refractivity (Wildman–Crippen MR) is 88.9 cm³/mol. The first kappa shape index (κ1) is 18.0. The van der Waals surface area contributed by atoms with Crippen molar-refractivity contribution in [2.24, 2.45) is 7.05 Å². The molecule has 0 radical (unpaired) electrons. The number of aromatic nitrogens is 2. The summed E-state index contributed by atoms with van der Waals surface area (Å²) >= 11 is 0. The van der Waals surface area contributed by atoms with Crippen molar-refractivity contribution < 1.29 is 18.0 Å². The lowest BCUT2D eigenvalue weighted by Crippen LogP contribution is -2.42. The molecule has 1 atom stereocenters. The molecule has 6 nitrogen and oxygen atoms in total. The van der Waals surface area contributed by atoms with E-state index in [9.17, 15) is 22.8 Å². The van der Waals surface area contributed by atoms with E-state index in [1.807, 2.05) is 0 Å². The molecule has 1 aliphatic rings. The smallest absolute Gasteiger partial charge is 0.335 e. The normalized spacial score (nSPS) is 16.7. The zero-order chi connectivity index (χ0) is 18.9. The van der Waals surface area contributed by atoms with Gasteiger partial charge < -0.3 is 10.6 Å². The van der Waals surface area contributed by atoms with E-state index >= 15 is 0 Å². The fourth-order valence-electron chi connectivity index (χ4n) is 2.99. The number of anilines is 1. The van der Waals surface area contributed by atoms with Crippen LogP contribution in [0.25, 0.3) is 0 Å². The summed E-state index contributed by atoms with van der Waals surface area (Å²) in [5.74, 6) is 0. The Labute approximate surface area is 147 Å². The van der Waals surface area contributed by atoms with Gasteiger partial charge in [-0.25, -0.2) is 9.48 Å². The van der Waals surface area contributed by atoms with E-state index in [4.69, 9.17) is 0 Å². The van der Waals surface area contributed by atoms with E-state index in [-0.39, 0.29) is 17.3 Å². The molecular weight excluding hydrogens is 349 g/mol. The molecule has 2 N–H and O–H groups in total. The number of alkyl halides is 3. The molecule has 1 aromatic heterocycles. The number of carbonyl (C=O) groups is 1. The molecule has 26 heavy (non-hydrogen) atoms. The Morgan fingerprint density at radius 1 is 1.31 bits per heavy atom. The molecule has 0 fully saturated rings. The predicted octanol–water partition coefficient (Wildman–Crippen LogP) is 2.48. The van der Waals surface area contributed by atoms with Crippen LogP contribution in [0.1, 0.15) is 23.2 Å². The molecule has 3 rings (SSSR count). The highest BCUT2D eigenvalue weighted by Crippen LogP contribution is 2.34. The Bertz CT molecular complexity index is 892. The van der Waals surface area contributed by atoms with E-state index in [0.29, 0.717) is 19.3 Å². The molecule has 0 aliphatic heterocycles. The van der Waals surface area contributed by atoms with Crippen LogP contribution in [0.5, 0.6) is 0 Å². The zero-order valence-corrected chi connectivity index (χ0v) is 13.9. The molecule has 1 heterocycles. The number of para-hydroxylation sites is 1. The minimum atomic E-state index is -4.56. The second-order valence-corrected chi connectivity index (χ2v) is 6.16. The Hall–Kier alpha value is -2.84. The second-order valence-electron chi connectivity index (χ2n) is 6.16. The first-order valence-corrected chi connectivity index (χ1v) is 8.04. The third-order valence-corrected chi connectivity index (χ3v) is 4.27. The molecule has 2 amide bonds. The van der Waals surface area contributed by atoms with Crippen LogP contribution in [0.4, 0.5) is 23.7 Å². The number of amides is 2. The number of aryl methyl sites for hydroxylation is 2. The van der Waals surface area contributed by atoms with Crippen molar-refractivity contribution in [2.75, 3.05) is 5.32 Å². The topological polar surface area (TPSA) is 76.0 Å².